The second kappa shape index (κ2) is 9.29. The molecule has 0 aliphatic rings. The zero-order chi connectivity index (χ0) is 21.8. The largest absolute Gasteiger partial charge is 0.457 e. The number of anilines is 1. The number of thiazole rings is 1. The molecule has 0 radical (unpaired) electrons. The highest BCUT2D eigenvalue weighted by atomic mass is 32.1. The lowest BCUT2D eigenvalue weighted by molar-refractivity contribution is 0.0985. The summed E-state index contributed by atoms with van der Waals surface area (Å²) in [6, 6.07) is 23.0. The molecule has 1 aromatic heterocycles. The van der Waals surface area contributed by atoms with Crippen molar-refractivity contribution in [3.63, 3.8) is 0 Å². The van der Waals surface area contributed by atoms with E-state index in [1.54, 1.807) is 22.3 Å². The smallest absolute Gasteiger partial charge is 0.260 e. The van der Waals surface area contributed by atoms with Gasteiger partial charge in [0.25, 0.3) is 5.91 Å². The molecule has 0 N–H and O–H groups in total. The van der Waals surface area contributed by atoms with Crippen LogP contribution in [0.1, 0.15) is 15.9 Å². The SMILES string of the molecule is Cc1ccc2nc(N(CCN(C)C)C(=O)c3cccc(Oc4ccccc4)c3)sc2c1. The lowest BCUT2D eigenvalue weighted by Gasteiger charge is -2.22. The molecule has 31 heavy (non-hydrogen) atoms. The number of benzene rings is 3. The van der Waals surface area contributed by atoms with Crippen molar-refractivity contribution in [1.82, 2.24) is 9.88 Å². The first-order valence-electron chi connectivity index (χ1n) is 10.2. The fraction of sp³-hybridized carbons (Fsp3) is 0.200. The number of hydrogen-bond acceptors (Lipinski definition) is 5. The van der Waals surface area contributed by atoms with Gasteiger partial charge in [-0.1, -0.05) is 41.7 Å². The van der Waals surface area contributed by atoms with Gasteiger partial charge in [-0.05, 0) is 69.0 Å². The highest BCUT2D eigenvalue weighted by Gasteiger charge is 2.22. The van der Waals surface area contributed by atoms with Crippen LogP contribution in [0.25, 0.3) is 10.2 Å². The minimum absolute atomic E-state index is 0.0869. The summed E-state index contributed by atoms with van der Waals surface area (Å²) < 4.78 is 7.00. The van der Waals surface area contributed by atoms with E-state index in [4.69, 9.17) is 9.72 Å². The summed E-state index contributed by atoms with van der Waals surface area (Å²) in [5.74, 6) is 1.28. The Morgan fingerprint density at radius 3 is 2.48 bits per heavy atom. The topological polar surface area (TPSA) is 45.7 Å². The van der Waals surface area contributed by atoms with Gasteiger partial charge in [0.2, 0.25) is 0 Å². The van der Waals surface area contributed by atoms with Gasteiger partial charge in [0.15, 0.2) is 5.13 Å². The molecule has 6 heteroatoms. The minimum Gasteiger partial charge on any atom is -0.457 e. The number of para-hydroxylation sites is 1. The Bertz CT molecular complexity index is 1190. The van der Waals surface area contributed by atoms with Crippen molar-refractivity contribution >= 4 is 32.6 Å². The van der Waals surface area contributed by atoms with Crippen LogP contribution in [0.2, 0.25) is 0 Å². The number of nitrogens with zero attached hydrogens (tertiary/aromatic N) is 3. The van der Waals surface area contributed by atoms with Crippen molar-refractivity contribution in [2.75, 3.05) is 32.1 Å². The van der Waals surface area contributed by atoms with E-state index in [9.17, 15) is 4.79 Å². The van der Waals surface area contributed by atoms with Crippen molar-refractivity contribution in [1.29, 1.82) is 0 Å². The van der Waals surface area contributed by atoms with Crippen LogP contribution in [-0.2, 0) is 0 Å². The fourth-order valence-corrected chi connectivity index (χ4v) is 4.28. The maximum atomic E-state index is 13.5. The number of carbonyl (C=O) groups excluding carboxylic acids is 1. The van der Waals surface area contributed by atoms with E-state index in [1.165, 1.54) is 5.56 Å². The summed E-state index contributed by atoms with van der Waals surface area (Å²) in [6.45, 7) is 3.35. The maximum Gasteiger partial charge on any atom is 0.260 e. The van der Waals surface area contributed by atoms with Crippen molar-refractivity contribution in [3.05, 3.63) is 83.9 Å². The number of likely N-dealkylation sites (N-methyl/N-ethyl adjacent to an activating group) is 1. The Morgan fingerprint density at radius 1 is 0.935 bits per heavy atom. The van der Waals surface area contributed by atoms with Crippen LogP contribution in [0.5, 0.6) is 11.5 Å². The third kappa shape index (κ3) is 5.10. The average molecular weight is 432 g/mol. The van der Waals surface area contributed by atoms with Crippen molar-refractivity contribution in [2.45, 2.75) is 6.92 Å². The summed E-state index contributed by atoms with van der Waals surface area (Å²) in [7, 11) is 4.00. The molecule has 0 aliphatic carbocycles. The lowest BCUT2D eigenvalue weighted by Crippen LogP contribution is -2.36. The monoisotopic (exact) mass is 431 g/mol. The Kier molecular flexibility index (Phi) is 6.30. The summed E-state index contributed by atoms with van der Waals surface area (Å²) in [6.07, 6.45) is 0. The number of rotatable bonds is 7. The Labute approximate surface area is 186 Å². The average Bonchev–Trinajstić information content (AvgIpc) is 3.17. The Morgan fingerprint density at radius 2 is 1.71 bits per heavy atom. The molecule has 1 heterocycles. The molecule has 0 atom stereocenters. The summed E-state index contributed by atoms with van der Waals surface area (Å²) >= 11 is 1.55. The molecule has 158 valence electrons. The van der Waals surface area contributed by atoms with Crippen LogP contribution in [0.3, 0.4) is 0 Å². The first-order chi connectivity index (χ1) is 15.0. The molecular formula is C25H25N3O2S. The predicted octanol–water partition coefficient (Wildman–Crippen LogP) is 5.61. The molecule has 0 spiro atoms. The van der Waals surface area contributed by atoms with Gasteiger partial charge in [0.1, 0.15) is 11.5 Å². The Hall–Kier alpha value is -3.22. The number of aromatic nitrogens is 1. The molecule has 4 rings (SSSR count). The summed E-state index contributed by atoms with van der Waals surface area (Å²) in [5, 5.41) is 0.710. The van der Waals surface area contributed by atoms with Gasteiger partial charge in [-0.25, -0.2) is 4.98 Å². The third-order valence-electron chi connectivity index (χ3n) is 4.84. The second-order valence-corrected chi connectivity index (χ2v) is 8.68. The van der Waals surface area contributed by atoms with Crippen LogP contribution < -0.4 is 9.64 Å². The third-order valence-corrected chi connectivity index (χ3v) is 5.88. The number of ether oxygens (including phenoxy) is 1. The van der Waals surface area contributed by atoms with E-state index < -0.39 is 0 Å². The van der Waals surface area contributed by atoms with Crippen LogP contribution in [0.15, 0.2) is 72.8 Å². The van der Waals surface area contributed by atoms with Gasteiger partial charge in [0, 0.05) is 18.7 Å². The van der Waals surface area contributed by atoms with Crippen molar-refractivity contribution < 1.29 is 9.53 Å². The number of amides is 1. The molecule has 1 amide bonds. The molecule has 3 aromatic carbocycles. The zero-order valence-corrected chi connectivity index (χ0v) is 18.7. The zero-order valence-electron chi connectivity index (χ0n) is 17.9. The van der Waals surface area contributed by atoms with Gasteiger partial charge in [-0.2, -0.15) is 0 Å². The number of aryl methyl sites for hydroxylation is 1. The molecule has 0 bridgehead atoms. The molecule has 0 unspecified atom stereocenters. The van der Waals surface area contributed by atoms with Crippen LogP contribution >= 0.6 is 11.3 Å². The first-order valence-corrected chi connectivity index (χ1v) is 11.0. The van der Waals surface area contributed by atoms with E-state index in [-0.39, 0.29) is 5.91 Å². The molecule has 0 saturated carbocycles. The summed E-state index contributed by atoms with van der Waals surface area (Å²) in [5.41, 5.74) is 2.66. The van der Waals surface area contributed by atoms with E-state index >= 15 is 0 Å². The van der Waals surface area contributed by atoms with Crippen molar-refractivity contribution in [3.8, 4) is 11.5 Å². The van der Waals surface area contributed by atoms with E-state index in [2.05, 4.69) is 17.9 Å². The number of hydrogen-bond donors (Lipinski definition) is 0. The highest BCUT2D eigenvalue weighted by Crippen LogP contribution is 2.31. The second-order valence-electron chi connectivity index (χ2n) is 7.67. The Balaban J connectivity index is 1.64. The number of fused-ring (bicyclic) bond motifs is 1. The molecule has 0 saturated heterocycles. The van der Waals surface area contributed by atoms with Gasteiger partial charge < -0.3 is 9.64 Å². The highest BCUT2D eigenvalue weighted by molar-refractivity contribution is 7.22. The molecule has 0 fully saturated rings. The normalized spacial score (nSPS) is 11.1. The van der Waals surface area contributed by atoms with Crippen LogP contribution in [0.4, 0.5) is 5.13 Å². The lowest BCUT2D eigenvalue weighted by atomic mass is 10.2. The molecule has 5 nitrogen and oxygen atoms in total. The quantitative estimate of drug-likeness (QED) is 0.382. The first kappa shape index (κ1) is 21.0. The van der Waals surface area contributed by atoms with Gasteiger partial charge in [-0.15, -0.1) is 0 Å². The minimum atomic E-state index is -0.0869. The fourth-order valence-electron chi connectivity index (χ4n) is 3.19. The van der Waals surface area contributed by atoms with Crippen LogP contribution in [0, 0.1) is 6.92 Å². The predicted molar refractivity (Wildman–Crippen MR) is 128 cm³/mol. The molecular weight excluding hydrogens is 406 g/mol. The van der Waals surface area contributed by atoms with E-state index in [0.29, 0.717) is 23.0 Å². The van der Waals surface area contributed by atoms with Crippen LogP contribution in [-0.4, -0.2) is 43.0 Å². The molecule has 4 aromatic rings. The summed E-state index contributed by atoms with van der Waals surface area (Å²) in [4.78, 5) is 22.1. The standard InChI is InChI=1S/C25H25N3O2S/c1-18-12-13-22-23(16-18)31-25(26-22)28(15-14-27(2)3)24(29)19-8-7-11-21(17-19)30-20-9-5-4-6-10-20/h4-13,16-17H,14-15H2,1-3H3. The molecule has 0 aliphatic heterocycles. The van der Waals surface area contributed by atoms with Crippen molar-refractivity contribution in [2.24, 2.45) is 0 Å². The maximum absolute atomic E-state index is 13.5. The van der Waals surface area contributed by atoms with Gasteiger partial charge in [0.05, 0.1) is 10.2 Å². The number of carbonyl (C=O) groups is 1. The van der Waals surface area contributed by atoms with E-state index in [0.717, 1.165) is 22.5 Å². The van der Waals surface area contributed by atoms with E-state index in [1.807, 2.05) is 74.8 Å². The van der Waals surface area contributed by atoms with Gasteiger partial charge in [-0.3, -0.25) is 9.69 Å². The van der Waals surface area contributed by atoms with Gasteiger partial charge >= 0.3 is 0 Å².